The summed E-state index contributed by atoms with van der Waals surface area (Å²) in [7, 11) is 0. The number of Topliss-reactive ketones (excluding diaryl/α,β-unsaturated/α-hetero) is 2. The Morgan fingerprint density at radius 1 is 0.778 bits per heavy atom. The Hall–Kier alpha value is -3.33. The van der Waals surface area contributed by atoms with E-state index in [1.54, 1.807) is 0 Å². The maximum absolute atomic E-state index is 10.8. The second kappa shape index (κ2) is 10.6. The molecule has 4 N–H and O–H groups in total. The van der Waals surface area contributed by atoms with Gasteiger partial charge in [-0.25, -0.2) is 9.59 Å². The highest BCUT2D eigenvalue weighted by Gasteiger charge is 2.13. The van der Waals surface area contributed by atoms with Gasteiger partial charge in [0.05, 0.1) is 5.75 Å². The molecule has 2 rings (SSSR count). The average Bonchev–Trinajstić information content (AvgIpc) is 2.64. The molecule has 0 radical (unpaired) electrons. The number of phenols is 2. The van der Waals surface area contributed by atoms with Crippen molar-refractivity contribution in [2.24, 2.45) is 0 Å². The topological polar surface area (TPSA) is 149 Å². The molecule has 8 nitrogen and oxygen atoms in total. The molecule has 0 aliphatic rings. The number of ketones is 2. The van der Waals surface area contributed by atoms with Gasteiger partial charge in [0.1, 0.15) is 0 Å². The molecule has 0 saturated carbocycles. The number of rotatable bonds is 7. The minimum atomic E-state index is -1.52. The summed E-state index contributed by atoms with van der Waals surface area (Å²) in [6.07, 6.45) is -0.302. The summed E-state index contributed by atoms with van der Waals surface area (Å²) >= 11 is 1.23. The van der Waals surface area contributed by atoms with Gasteiger partial charge in [-0.05, 0) is 29.8 Å². The van der Waals surface area contributed by atoms with Gasteiger partial charge in [-0.3, -0.25) is 9.59 Å². The van der Waals surface area contributed by atoms with E-state index in [4.69, 9.17) is 20.4 Å². The Morgan fingerprint density at radius 3 is 1.89 bits per heavy atom. The van der Waals surface area contributed by atoms with Crippen molar-refractivity contribution >= 4 is 35.3 Å². The number of carbonyl (C=O) groups excluding carboxylic acids is 2. The minimum Gasteiger partial charge on any atom is -0.504 e. The van der Waals surface area contributed by atoms with Crippen molar-refractivity contribution in [2.75, 3.05) is 5.75 Å². The number of benzene rings is 2. The average molecular weight is 392 g/mol. The molecule has 0 heterocycles. The van der Waals surface area contributed by atoms with Crippen LogP contribution in [-0.4, -0.2) is 49.7 Å². The third-order valence-corrected chi connectivity index (χ3v) is 4.01. The quantitative estimate of drug-likeness (QED) is 0.314. The minimum absolute atomic E-state index is 0.0145. The fourth-order valence-electron chi connectivity index (χ4n) is 1.67. The first-order valence-electron chi connectivity index (χ1n) is 7.41. The smallest absolute Gasteiger partial charge is 0.373 e. The molecule has 0 fully saturated rings. The summed E-state index contributed by atoms with van der Waals surface area (Å²) < 4.78 is 0. The van der Waals surface area contributed by atoms with Crippen LogP contribution in [0, 0.1) is 0 Å². The van der Waals surface area contributed by atoms with E-state index in [0.717, 1.165) is 11.0 Å². The van der Waals surface area contributed by atoms with E-state index in [2.05, 4.69) is 0 Å². The lowest BCUT2D eigenvalue weighted by molar-refractivity contribution is -0.148. The highest BCUT2D eigenvalue weighted by molar-refractivity contribution is 8.00. The number of thioether (sulfide) groups is 1. The third-order valence-electron chi connectivity index (χ3n) is 2.99. The number of aliphatic carboxylic acids is 2. The van der Waals surface area contributed by atoms with E-state index in [9.17, 15) is 19.2 Å². The summed E-state index contributed by atoms with van der Waals surface area (Å²) in [6.45, 7) is 0. The molecule has 0 spiro atoms. The molecule has 0 saturated heterocycles. The van der Waals surface area contributed by atoms with E-state index < -0.39 is 23.5 Å². The van der Waals surface area contributed by atoms with E-state index >= 15 is 0 Å². The lowest BCUT2D eigenvalue weighted by Gasteiger charge is -2.00. The SMILES string of the molecule is O=C(O)C(=O)CSc1ccccc1.O=C(O)C(=O)Cc1ccc(O)c(O)c1. The summed E-state index contributed by atoms with van der Waals surface area (Å²) in [5.74, 6) is -5.32. The molecule has 2 aromatic rings. The van der Waals surface area contributed by atoms with Gasteiger partial charge in [-0.2, -0.15) is 0 Å². The van der Waals surface area contributed by atoms with Gasteiger partial charge in [0.15, 0.2) is 11.5 Å². The first-order valence-corrected chi connectivity index (χ1v) is 8.40. The Bertz CT molecular complexity index is 833. The van der Waals surface area contributed by atoms with Gasteiger partial charge < -0.3 is 20.4 Å². The van der Waals surface area contributed by atoms with Crippen molar-refractivity contribution in [3.05, 3.63) is 54.1 Å². The van der Waals surface area contributed by atoms with E-state index in [1.165, 1.54) is 23.9 Å². The molecule has 0 unspecified atom stereocenters. The molecule has 0 aromatic heterocycles. The van der Waals surface area contributed by atoms with Crippen LogP contribution in [0.2, 0.25) is 0 Å². The lowest BCUT2D eigenvalue weighted by atomic mass is 10.1. The third kappa shape index (κ3) is 8.06. The zero-order valence-corrected chi connectivity index (χ0v) is 14.7. The Labute approximate surface area is 158 Å². The molecular weight excluding hydrogens is 376 g/mol. The van der Waals surface area contributed by atoms with E-state index in [-0.39, 0.29) is 23.7 Å². The summed E-state index contributed by atoms with van der Waals surface area (Å²) in [5.41, 5.74) is 0.340. The number of carbonyl (C=O) groups is 4. The van der Waals surface area contributed by atoms with Gasteiger partial charge in [0.2, 0.25) is 11.6 Å². The molecule has 2 aromatic carbocycles. The van der Waals surface area contributed by atoms with Crippen LogP contribution in [0.5, 0.6) is 11.5 Å². The zero-order chi connectivity index (χ0) is 20.4. The van der Waals surface area contributed by atoms with Gasteiger partial charge in [-0.1, -0.05) is 24.3 Å². The van der Waals surface area contributed by atoms with Crippen LogP contribution in [0.3, 0.4) is 0 Å². The summed E-state index contributed by atoms with van der Waals surface area (Å²) in [4.78, 5) is 42.7. The molecule has 0 atom stereocenters. The fraction of sp³-hybridized carbons (Fsp3) is 0.111. The first-order chi connectivity index (χ1) is 12.7. The number of phenolic OH excluding ortho intramolecular Hbond substituents is 2. The number of aromatic hydroxyl groups is 2. The largest absolute Gasteiger partial charge is 0.504 e. The molecule has 0 aliphatic heterocycles. The second-order valence-electron chi connectivity index (χ2n) is 5.06. The lowest BCUT2D eigenvalue weighted by Crippen LogP contribution is -2.14. The summed E-state index contributed by atoms with van der Waals surface area (Å²) in [6, 6.07) is 12.9. The molecule has 0 bridgehead atoms. The van der Waals surface area contributed by atoms with Crippen molar-refractivity contribution in [1.29, 1.82) is 0 Å². The highest BCUT2D eigenvalue weighted by Crippen LogP contribution is 2.25. The van der Waals surface area contributed by atoms with Crippen LogP contribution in [0.25, 0.3) is 0 Å². The Balaban J connectivity index is 0.000000271. The van der Waals surface area contributed by atoms with Crippen LogP contribution in [0.1, 0.15) is 5.56 Å². The van der Waals surface area contributed by atoms with Crippen molar-refractivity contribution in [3.8, 4) is 11.5 Å². The molecule has 27 heavy (non-hydrogen) atoms. The van der Waals surface area contributed by atoms with Crippen LogP contribution < -0.4 is 0 Å². The van der Waals surface area contributed by atoms with Crippen LogP contribution >= 0.6 is 11.8 Å². The van der Waals surface area contributed by atoms with Gasteiger partial charge in [0.25, 0.3) is 0 Å². The number of carboxylic acid groups (broad SMARTS) is 2. The number of hydrogen-bond donors (Lipinski definition) is 4. The van der Waals surface area contributed by atoms with Crippen LogP contribution in [-0.2, 0) is 25.6 Å². The van der Waals surface area contributed by atoms with Crippen molar-refractivity contribution in [1.82, 2.24) is 0 Å². The summed E-state index contributed by atoms with van der Waals surface area (Å²) in [5, 5.41) is 34.6. The van der Waals surface area contributed by atoms with E-state index in [1.807, 2.05) is 30.3 Å². The monoisotopic (exact) mass is 392 g/mol. The zero-order valence-electron chi connectivity index (χ0n) is 13.9. The maximum Gasteiger partial charge on any atom is 0.373 e. The van der Waals surface area contributed by atoms with Crippen molar-refractivity contribution < 1.29 is 39.6 Å². The highest BCUT2D eigenvalue weighted by atomic mass is 32.2. The predicted molar refractivity (Wildman–Crippen MR) is 95.9 cm³/mol. The Morgan fingerprint density at radius 2 is 1.37 bits per heavy atom. The molecule has 0 aliphatic carbocycles. The number of carboxylic acids is 2. The normalized spacial score (nSPS) is 9.63. The number of hydrogen-bond acceptors (Lipinski definition) is 7. The Kier molecular flexibility index (Phi) is 8.54. The van der Waals surface area contributed by atoms with Gasteiger partial charge >= 0.3 is 11.9 Å². The fourth-order valence-corrected chi connectivity index (χ4v) is 2.44. The predicted octanol–water partition coefficient (Wildman–Crippen LogP) is 1.73. The molecule has 9 heteroatoms. The molecule has 0 amide bonds. The molecule has 142 valence electrons. The van der Waals surface area contributed by atoms with Gasteiger partial charge in [0, 0.05) is 11.3 Å². The van der Waals surface area contributed by atoms with Crippen molar-refractivity contribution in [2.45, 2.75) is 11.3 Å². The van der Waals surface area contributed by atoms with Crippen LogP contribution in [0.15, 0.2) is 53.4 Å². The van der Waals surface area contributed by atoms with E-state index in [0.29, 0.717) is 5.56 Å². The first kappa shape index (κ1) is 21.7. The van der Waals surface area contributed by atoms with Crippen molar-refractivity contribution in [3.63, 3.8) is 0 Å². The second-order valence-corrected chi connectivity index (χ2v) is 6.11. The molecular formula is C18H16O8S. The standard InChI is InChI=1S/C9H8O5.C9H8O3S/c10-6-2-1-5(3-7(6)11)4-8(12)9(13)14;10-8(9(11)12)6-13-7-4-2-1-3-5-7/h1-3,10-11H,4H2,(H,13,14);1-5H,6H2,(H,11,12). The van der Waals surface area contributed by atoms with Gasteiger partial charge in [-0.15, -0.1) is 11.8 Å². The maximum atomic E-state index is 10.8. The van der Waals surface area contributed by atoms with Crippen LogP contribution in [0.4, 0.5) is 0 Å².